The van der Waals surface area contributed by atoms with Crippen molar-refractivity contribution in [2.75, 3.05) is 13.2 Å². The van der Waals surface area contributed by atoms with Crippen molar-refractivity contribution in [2.45, 2.75) is 6.92 Å². The highest BCUT2D eigenvalue weighted by Crippen LogP contribution is 1.99. The Labute approximate surface area is 123 Å². The van der Waals surface area contributed by atoms with Crippen LogP contribution in [0.3, 0.4) is 0 Å². The zero-order chi connectivity index (χ0) is 16.7. The lowest BCUT2D eigenvalue weighted by atomic mass is 10.2. The van der Waals surface area contributed by atoms with E-state index in [0.29, 0.717) is 0 Å². The molecular formula is C15H20O6. The fourth-order valence-electron chi connectivity index (χ4n) is 0.732. The van der Waals surface area contributed by atoms with Crippen LogP contribution >= 0.6 is 0 Å². The van der Waals surface area contributed by atoms with Gasteiger partial charge in [0.2, 0.25) is 0 Å². The van der Waals surface area contributed by atoms with Crippen molar-refractivity contribution in [1.29, 1.82) is 0 Å². The second-order valence-electron chi connectivity index (χ2n) is 3.61. The molecule has 0 aliphatic carbocycles. The first-order chi connectivity index (χ1) is 9.84. The quantitative estimate of drug-likeness (QED) is 0.624. The van der Waals surface area contributed by atoms with Gasteiger partial charge in [-0.05, 0) is 18.6 Å². The SMILES string of the molecule is C=C(C)C(=O)O.O=C(O)C=Cc1ccccc1.OCCO. The number of hydrogen-bond donors (Lipinski definition) is 4. The largest absolute Gasteiger partial charge is 0.478 e. The molecule has 0 unspecified atom stereocenters. The van der Waals surface area contributed by atoms with E-state index in [-0.39, 0.29) is 18.8 Å². The van der Waals surface area contributed by atoms with Gasteiger partial charge in [-0.1, -0.05) is 36.9 Å². The van der Waals surface area contributed by atoms with Gasteiger partial charge < -0.3 is 20.4 Å². The van der Waals surface area contributed by atoms with Gasteiger partial charge >= 0.3 is 11.9 Å². The fraction of sp³-hybridized carbons (Fsp3) is 0.200. The number of aliphatic hydroxyl groups excluding tert-OH is 2. The van der Waals surface area contributed by atoms with Crippen LogP contribution in [-0.4, -0.2) is 45.6 Å². The Bertz CT molecular complexity index is 436. The van der Waals surface area contributed by atoms with Gasteiger partial charge in [0.15, 0.2) is 0 Å². The summed E-state index contributed by atoms with van der Waals surface area (Å²) in [5, 5.41) is 31.4. The molecular weight excluding hydrogens is 276 g/mol. The molecule has 1 aromatic rings. The van der Waals surface area contributed by atoms with Crippen molar-refractivity contribution in [3.05, 3.63) is 54.1 Å². The van der Waals surface area contributed by atoms with Gasteiger partial charge in [0.05, 0.1) is 13.2 Å². The molecule has 21 heavy (non-hydrogen) atoms. The van der Waals surface area contributed by atoms with Gasteiger partial charge in [0.25, 0.3) is 0 Å². The minimum Gasteiger partial charge on any atom is -0.478 e. The molecule has 0 spiro atoms. The van der Waals surface area contributed by atoms with Gasteiger partial charge in [-0.25, -0.2) is 9.59 Å². The zero-order valence-corrected chi connectivity index (χ0v) is 11.8. The minimum atomic E-state index is -0.935. The van der Waals surface area contributed by atoms with E-state index in [1.54, 1.807) is 6.08 Å². The number of aliphatic carboxylic acids is 2. The summed E-state index contributed by atoms with van der Waals surface area (Å²) in [4.78, 5) is 19.7. The molecule has 0 aliphatic heterocycles. The molecule has 1 rings (SSSR count). The minimum absolute atomic E-state index is 0.125. The first kappa shape index (κ1) is 20.9. The summed E-state index contributed by atoms with van der Waals surface area (Å²) in [5.74, 6) is -1.86. The lowest BCUT2D eigenvalue weighted by molar-refractivity contribution is -0.133. The normalized spacial score (nSPS) is 8.90. The van der Waals surface area contributed by atoms with Gasteiger partial charge in [-0.2, -0.15) is 0 Å². The molecule has 6 heteroatoms. The maximum atomic E-state index is 10.1. The summed E-state index contributed by atoms with van der Waals surface area (Å²) >= 11 is 0. The lowest BCUT2D eigenvalue weighted by Crippen LogP contribution is -1.92. The molecule has 0 heterocycles. The molecule has 116 valence electrons. The first-order valence-electron chi connectivity index (χ1n) is 5.91. The van der Waals surface area contributed by atoms with E-state index in [1.165, 1.54) is 6.92 Å². The third-order valence-corrected chi connectivity index (χ3v) is 1.68. The van der Waals surface area contributed by atoms with Gasteiger partial charge in [-0.3, -0.25) is 0 Å². The van der Waals surface area contributed by atoms with Gasteiger partial charge in [0, 0.05) is 11.6 Å². The van der Waals surface area contributed by atoms with Crippen molar-refractivity contribution in [2.24, 2.45) is 0 Å². The molecule has 1 aromatic carbocycles. The summed E-state index contributed by atoms with van der Waals surface area (Å²) in [7, 11) is 0. The van der Waals surface area contributed by atoms with E-state index in [0.717, 1.165) is 11.6 Å². The van der Waals surface area contributed by atoms with Crippen molar-refractivity contribution >= 4 is 18.0 Å². The van der Waals surface area contributed by atoms with Crippen molar-refractivity contribution in [3.8, 4) is 0 Å². The number of hydrogen-bond acceptors (Lipinski definition) is 4. The van der Waals surface area contributed by atoms with Crippen LogP contribution in [0.15, 0.2) is 48.6 Å². The van der Waals surface area contributed by atoms with Gasteiger partial charge in [0.1, 0.15) is 0 Å². The number of carboxylic acid groups (broad SMARTS) is 2. The number of carbonyl (C=O) groups is 2. The fourth-order valence-corrected chi connectivity index (χ4v) is 0.732. The molecule has 0 saturated carbocycles. The topological polar surface area (TPSA) is 115 Å². The Balaban J connectivity index is 0. The monoisotopic (exact) mass is 296 g/mol. The molecule has 0 amide bonds. The molecule has 0 aliphatic rings. The average Bonchev–Trinajstić information content (AvgIpc) is 2.47. The Kier molecular flexibility index (Phi) is 13.9. The van der Waals surface area contributed by atoms with Crippen LogP contribution in [0.5, 0.6) is 0 Å². The standard InChI is InChI=1S/C9H8O2.C4H6O2.C2H6O2/c10-9(11)7-6-8-4-2-1-3-5-8;1-3(2)4(5)6;3-1-2-4/h1-7H,(H,10,11);1H2,2H3,(H,5,6);3-4H,1-2H2. The van der Waals surface area contributed by atoms with Crippen molar-refractivity contribution in [1.82, 2.24) is 0 Å². The predicted octanol–water partition coefficient (Wildman–Crippen LogP) is 1.40. The Hall–Kier alpha value is -2.44. The van der Waals surface area contributed by atoms with Crippen LogP contribution in [0, 0.1) is 0 Å². The van der Waals surface area contributed by atoms with E-state index < -0.39 is 11.9 Å². The summed E-state index contributed by atoms with van der Waals surface area (Å²) in [5.41, 5.74) is 1.07. The third kappa shape index (κ3) is 17.6. The van der Waals surface area contributed by atoms with E-state index in [2.05, 4.69) is 6.58 Å². The number of aliphatic hydroxyl groups is 2. The molecule has 0 atom stereocenters. The van der Waals surface area contributed by atoms with Crippen molar-refractivity contribution in [3.63, 3.8) is 0 Å². The Morgan fingerprint density at radius 3 is 1.81 bits per heavy atom. The van der Waals surface area contributed by atoms with Crippen LogP contribution in [0.1, 0.15) is 12.5 Å². The molecule has 6 nitrogen and oxygen atoms in total. The van der Waals surface area contributed by atoms with Crippen LogP contribution in [0.2, 0.25) is 0 Å². The van der Waals surface area contributed by atoms with Crippen molar-refractivity contribution < 1.29 is 30.0 Å². The molecule has 0 saturated heterocycles. The molecule has 4 N–H and O–H groups in total. The predicted molar refractivity (Wildman–Crippen MR) is 79.7 cm³/mol. The number of carboxylic acids is 2. The highest BCUT2D eigenvalue weighted by molar-refractivity contribution is 5.85. The molecule has 0 aromatic heterocycles. The molecule has 0 bridgehead atoms. The van der Waals surface area contributed by atoms with Crippen LogP contribution in [0.4, 0.5) is 0 Å². The van der Waals surface area contributed by atoms with Crippen LogP contribution in [-0.2, 0) is 9.59 Å². The highest BCUT2D eigenvalue weighted by Gasteiger charge is 1.90. The lowest BCUT2D eigenvalue weighted by Gasteiger charge is -1.87. The smallest absolute Gasteiger partial charge is 0.330 e. The second kappa shape index (κ2) is 14.0. The van der Waals surface area contributed by atoms with E-state index in [4.69, 9.17) is 20.4 Å². The highest BCUT2D eigenvalue weighted by atomic mass is 16.4. The summed E-state index contributed by atoms with van der Waals surface area (Å²) in [6.45, 7) is 4.35. The summed E-state index contributed by atoms with van der Waals surface area (Å²) < 4.78 is 0. The Morgan fingerprint density at radius 1 is 1.10 bits per heavy atom. The summed E-state index contributed by atoms with van der Waals surface area (Å²) in [6.07, 6.45) is 2.68. The first-order valence-corrected chi connectivity index (χ1v) is 5.91. The Morgan fingerprint density at radius 2 is 1.52 bits per heavy atom. The van der Waals surface area contributed by atoms with Crippen LogP contribution < -0.4 is 0 Å². The summed E-state index contributed by atoms with van der Waals surface area (Å²) in [6, 6.07) is 9.31. The maximum absolute atomic E-state index is 10.1. The number of benzene rings is 1. The average molecular weight is 296 g/mol. The second-order valence-corrected chi connectivity index (χ2v) is 3.61. The molecule has 0 fully saturated rings. The zero-order valence-electron chi connectivity index (χ0n) is 11.8. The van der Waals surface area contributed by atoms with E-state index in [1.807, 2.05) is 30.3 Å². The van der Waals surface area contributed by atoms with E-state index >= 15 is 0 Å². The van der Waals surface area contributed by atoms with Crippen LogP contribution in [0.25, 0.3) is 6.08 Å². The third-order valence-electron chi connectivity index (χ3n) is 1.68. The van der Waals surface area contributed by atoms with Gasteiger partial charge in [-0.15, -0.1) is 0 Å². The number of rotatable bonds is 4. The molecule has 0 radical (unpaired) electrons. The maximum Gasteiger partial charge on any atom is 0.330 e. The van der Waals surface area contributed by atoms with E-state index in [9.17, 15) is 9.59 Å².